The van der Waals surface area contributed by atoms with Crippen LogP contribution in [-0.2, 0) is 9.59 Å². The largest absolute Gasteiger partial charge is 0.379 e. The van der Waals surface area contributed by atoms with E-state index in [2.05, 4.69) is 0 Å². The van der Waals surface area contributed by atoms with E-state index in [9.17, 15) is 9.59 Å². The molecule has 0 radical (unpaired) electrons. The lowest BCUT2D eigenvalue weighted by atomic mass is 9.85. The van der Waals surface area contributed by atoms with Gasteiger partial charge in [0.25, 0.3) is 0 Å². The molecule has 0 aromatic heterocycles. The first-order chi connectivity index (χ1) is 6.59. The zero-order valence-electron chi connectivity index (χ0n) is 8.19. The molecule has 1 heterocycles. The number of carbonyl (C=O) groups excluding carboxylic acids is 2. The van der Waals surface area contributed by atoms with Crippen molar-refractivity contribution in [2.24, 2.45) is 17.6 Å². The molecule has 1 aliphatic heterocycles. The summed E-state index contributed by atoms with van der Waals surface area (Å²) < 4.78 is 0. The molecule has 1 amide bonds. The first kappa shape index (κ1) is 9.24. The average molecular weight is 194 g/mol. The molecule has 0 saturated heterocycles. The quantitative estimate of drug-likeness (QED) is 0.633. The lowest BCUT2D eigenvalue weighted by Gasteiger charge is -2.30. The highest BCUT2D eigenvalue weighted by atomic mass is 16.1. The van der Waals surface area contributed by atoms with E-state index in [1.807, 2.05) is 11.9 Å². The number of fused-ring (bicyclic) bond motifs is 1. The van der Waals surface area contributed by atoms with E-state index in [1.165, 1.54) is 0 Å². The summed E-state index contributed by atoms with van der Waals surface area (Å²) in [7, 11) is 1.87. The van der Waals surface area contributed by atoms with Gasteiger partial charge in [-0.05, 0) is 6.42 Å². The summed E-state index contributed by atoms with van der Waals surface area (Å²) in [6.45, 7) is 0.722. The summed E-state index contributed by atoms with van der Waals surface area (Å²) in [5, 5.41) is 0. The second kappa shape index (κ2) is 3.12. The van der Waals surface area contributed by atoms with Crippen LogP contribution in [0, 0.1) is 11.8 Å². The minimum Gasteiger partial charge on any atom is -0.379 e. The molecule has 4 nitrogen and oxygen atoms in total. The summed E-state index contributed by atoms with van der Waals surface area (Å²) in [5.41, 5.74) is 5.91. The Kier molecular flexibility index (Phi) is 2.06. The maximum Gasteiger partial charge on any atom is 0.246 e. The number of nitrogens with two attached hydrogens (primary N) is 1. The van der Waals surface area contributed by atoms with Crippen molar-refractivity contribution in [3.63, 3.8) is 0 Å². The summed E-state index contributed by atoms with van der Waals surface area (Å²) in [6.07, 6.45) is 3.15. The second-order valence-corrected chi connectivity index (χ2v) is 4.11. The molecule has 1 aliphatic carbocycles. The summed E-state index contributed by atoms with van der Waals surface area (Å²) in [6, 6.07) is 0. The molecular formula is C10H14N2O2. The molecule has 2 atom stereocenters. The molecular weight excluding hydrogens is 180 g/mol. The minimum atomic E-state index is -0.388. The van der Waals surface area contributed by atoms with Crippen molar-refractivity contribution in [2.75, 3.05) is 13.6 Å². The van der Waals surface area contributed by atoms with Crippen molar-refractivity contribution in [1.82, 2.24) is 4.90 Å². The van der Waals surface area contributed by atoms with E-state index in [1.54, 1.807) is 6.20 Å². The summed E-state index contributed by atoms with van der Waals surface area (Å²) in [4.78, 5) is 24.6. The molecule has 0 bridgehead atoms. The monoisotopic (exact) mass is 194 g/mol. The van der Waals surface area contributed by atoms with Crippen molar-refractivity contribution >= 4 is 11.7 Å². The normalized spacial score (nSPS) is 31.4. The number of hydrogen-bond donors (Lipinski definition) is 1. The van der Waals surface area contributed by atoms with Crippen LogP contribution in [0.15, 0.2) is 11.8 Å². The van der Waals surface area contributed by atoms with Crippen molar-refractivity contribution < 1.29 is 9.59 Å². The van der Waals surface area contributed by atoms with Crippen molar-refractivity contribution in [1.29, 1.82) is 0 Å². The molecule has 0 aromatic carbocycles. The van der Waals surface area contributed by atoms with Crippen LogP contribution in [0.4, 0.5) is 0 Å². The Bertz CT molecular complexity index is 322. The number of hydrogen-bond acceptors (Lipinski definition) is 3. The third-order valence-electron chi connectivity index (χ3n) is 3.13. The Balaban J connectivity index is 2.32. The average Bonchev–Trinajstić information content (AvgIpc) is 2.47. The number of nitrogens with zero attached hydrogens (tertiary/aromatic N) is 1. The van der Waals surface area contributed by atoms with Crippen LogP contribution in [0.25, 0.3) is 0 Å². The molecule has 0 aromatic rings. The van der Waals surface area contributed by atoms with E-state index in [4.69, 9.17) is 5.73 Å². The van der Waals surface area contributed by atoms with Crippen molar-refractivity contribution in [2.45, 2.75) is 12.8 Å². The molecule has 2 aliphatic rings. The van der Waals surface area contributed by atoms with Crippen LogP contribution >= 0.6 is 0 Å². The molecule has 4 heteroatoms. The number of amides is 1. The Labute approximate surface area is 82.7 Å². The topological polar surface area (TPSA) is 63.4 Å². The molecule has 2 unspecified atom stereocenters. The third-order valence-corrected chi connectivity index (χ3v) is 3.13. The number of Topliss-reactive ketones (excluding diaryl/α,β-unsaturated/α-hetero) is 1. The highest BCUT2D eigenvalue weighted by Gasteiger charge is 2.41. The zero-order valence-corrected chi connectivity index (χ0v) is 8.19. The lowest BCUT2D eigenvalue weighted by molar-refractivity contribution is -0.121. The highest BCUT2D eigenvalue weighted by molar-refractivity contribution is 5.95. The maximum absolute atomic E-state index is 11.5. The Hall–Kier alpha value is -1.32. The number of rotatable bonds is 1. The fraction of sp³-hybridized carbons (Fsp3) is 0.600. The van der Waals surface area contributed by atoms with Crippen LogP contribution in [0.5, 0.6) is 0 Å². The predicted octanol–water partition coefficient (Wildman–Crippen LogP) is -0.104. The van der Waals surface area contributed by atoms with Crippen molar-refractivity contribution in [3.8, 4) is 0 Å². The van der Waals surface area contributed by atoms with Gasteiger partial charge in [0, 0.05) is 43.6 Å². The smallest absolute Gasteiger partial charge is 0.246 e. The SMILES string of the molecule is CN1C=C(C(N)=O)C2CCC(=O)C2C1. The molecule has 0 spiro atoms. The highest BCUT2D eigenvalue weighted by Crippen LogP contribution is 2.37. The Morgan fingerprint density at radius 1 is 1.57 bits per heavy atom. The van der Waals surface area contributed by atoms with E-state index in [0.29, 0.717) is 12.0 Å². The Morgan fingerprint density at radius 2 is 2.29 bits per heavy atom. The van der Waals surface area contributed by atoms with E-state index in [0.717, 1.165) is 13.0 Å². The molecule has 1 saturated carbocycles. The van der Waals surface area contributed by atoms with Crippen molar-refractivity contribution in [3.05, 3.63) is 11.8 Å². The van der Waals surface area contributed by atoms with E-state index in [-0.39, 0.29) is 23.5 Å². The van der Waals surface area contributed by atoms with Crippen LogP contribution in [0.3, 0.4) is 0 Å². The molecule has 2 rings (SSSR count). The van der Waals surface area contributed by atoms with Gasteiger partial charge in [0.2, 0.25) is 5.91 Å². The predicted molar refractivity (Wildman–Crippen MR) is 51.1 cm³/mol. The number of carbonyl (C=O) groups is 2. The van der Waals surface area contributed by atoms with Gasteiger partial charge in [-0.15, -0.1) is 0 Å². The molecule has 14 heavy (non-hydrogen) atoms. The van der Waals surface area contributed by atoms with Gasteiger partial charge in [-0.2, -0.15) is 0 Å². The first-order valence-corrected chi connectivity index (χ1v) is 4.84. The third kappa shape index (κ3) is 1.31. The van der Waals surface area contributed by atoms with Gasteiger partial charge >= 0.3 is 0 Å². The van der Waals surface area contributed by atoms with Crippen LogP contribution in [0.1, 0.15) is 12.8 Å². The lowest BCUT2D eigenvalue weighted by Crippen LogP contribution is -2.37. The zero-order chi connectivity index (χ0) is 10.3. The number of ketones is 1. The summed E-state index contributed by atoms with van der Waals surface area (Å²) in [5.74, 6) is -0.0429. The van der Waals surface area contributed by atoms with Crippen LogP contribution < -0.4 is 5.73 Å². The first-order valence-electron chi connectivity index (χ1n) is 4.84. The Morgan fingerprint density at radius 3 is 2.93 bits per heavy atom. The van der Waals surface area contributed by atoms with Gasteiger partial charge in [-0.3, -0.25) is 9.59 Å². The molecule has 2 N–H and O–H groups in total. The van der Waals surface area contributed by atoms with Gasteiger partial charge in [0.15, 0.2) is 0 Å². The van der Waals surface area contributed by atoms with Crippen LogP contribution in [0.2, 0.25) is 0 Å². The van der Waals surface area contributed by atoms with E-state index >= 15 is 0 Å². The number of primary amides is 1. The fourth-order valence-corrected chi connectivity index (χ4v) is 2.45. The van der Waals surface area contributed by atoms with Gasteiger partial charge < -0.3 is 10.6 Å². The van der Waals surface area contributed by atoms with Gasteiger partial charge in [-0.1, -0.05) is 0 Å². The molecule has 1 fully saturated rings. The second-order valence-electron chi connectivity index (χ2n) is 4.11. The van der Waals surface area contributed by atoms with Gasteiger partial charge in [0.1, 0.15) is 5.78 Å². The van der Waals surface area contributed by atoms with Crippen LogP contribution in [-0.4, -0.2) is 30.2 Å². The van der Waals surface area contributed by atoms with E-state index < -0.39 is 0 Å². The maximum atomic E-state index is 11.5. The van der Waals surface area contributed by atoms with Gasteiger partial charge in [0.05, 0.1) is 0 Å². The van der Waals surface area contributed by atoms with Gasteiger partial charge in [-0.25, -0.2) is 0 Å². The molecule has 76 valence electrons. The standard InChI is InChI=1S/C10H14N2O2/c1-12-4-7-6(2-3-9(7)13)8(5-12)10(11)14/h5-7H,2-4H2,1H3,(H2,11,14). The fourth-order valence-electron chi connectivity index (χ4n) is 2.45. The minimum absolute atomic E-state index is 0.00694. The summed E-state index contributed by atoms with van der Waals surface area (Å²) >= 11 is 0.